The maximum atomic E-state index is 11.4. The van der Waals surface area contributed by atoms with Gasteiger partial charge in [0, 0.05) is 17.0 Å². The summed E-state index contributed by atoms with van der Waals surface area (Å²) in [5.41, 5.74) is 3.71. The van der Waals surface area contributed by atoms with Gasteiger partial charge in [-0.25, -0.2) is 4.98 Å². The standard InChI is InChI=1S/C15H16N4O5S/c1-3-24-14(20)6-11-9-25-15(17-11)18-16-8-10-4-12(19(21)22)7-13(5-10)23-2/h4-5,7-9H,3,6H2,1-2H3,(H,17,18). The van der Waals surface area contributed by atoms with Crippen molar-refractivity contribution in [2.24, 2.45) is 5.10 Å². The third-order valence-corrected chi connectivity index (χ3v) is 3.71. The number of nitrogens with zero attached hydrogens (tertiary/aromatic N) is 3. The van der Waals surface area contributed by atoms with Gasteiger partial charge in [-0.2, -0.15) is 5.10 Å². The van der Waals surface area contributed by atoms with Crippen molar-refractivity contribution < 1.29 is 19.2 Å². The molecule has 0 amide bonds. The second-order valence-corrected chi connectivity index (χ2v) is 5.58. The van der Waals surface area contributed by atoms with Crippen molar-refractivity contribution in [3.05, 3.63) is 45.0 Å². The van der Waals surface area contributed by atoms with E-state index in [0.717, 1.165) is 0 Å². The van der Waals surface area contributed by atoms with Gasteiger partial charge in [0.15, 0.2) is 0 Å². The van der Waals surface area contributed by atoms with E-state index in [1.807, 2.05) is 0 Å². The molecule has 1 aromatic heterocycles. The summed E-state index contributed by atoms with van der Waals surface area (Å²) < 4.78 is 9.88. The van der Waals surface area contributed by atoms with Gasteiger partial charge in [-0.3, -0.25) is 20.3 Å². The van der Waals surface area contributed by atoms with E-state index in [-0.39, 0.29) is 18.1 Å². The number of methoxy groups -OCH3 is 1. The molecule has 10 heteroatoms. The average molecular weight is 364 g/mol. The summed E-state index contributed by atoms with van der Waals surface area (Å²) in [5.74, 6) is 0.0214. The van der Waals surface area contributed by atoms with E-state index in [9.17, 15) is 14.9 Å². The van der Waals surface area contributed by atoms with Crippen LogP contribution in [0.4, 0.5) is 10.8 Å². The molecule has 1 heterocycles. The van der Waals surface area contributed by atoms with Crippen molar-refractivity contribution in [3.8, 4) is 5.75 Å². The van der Waals surface area contributed by atoms with Gasteiger partial charge in [-0.1, -0.05) is 0 Å². The molecule has 1 aromatic carbocycles. The maximum absolute atomic E-state index is 11.4. The molecule has 0 fully saturated rings. The first-order valence-electron chi connectivity index (χ1n) is 7.24. The summed E-state index contributed by atoms with van der Waals surface area (Å²) in [5, 5.41) is 17.1. The molecule has 0 radical (unpaired) electrons. The van der Waals surface area contributed by atoms with Crippen molar-refractivity contribution in [1.82, 2.24) is 4.98 Å². The third kappa shape index (κ3) is 5.53. The first kappa shape index (κ1) is 18.3. The number of carbonyl (C=O) groups is 1. The lowest BCUT2D eigenvalue weighted by atomic mass is 10.2. The minimum absolute atomic E-state index is 0.0910. The van der Waals surface area contributed by atoms with E-state index in [4.69, 9.17) is 9.47 Å². The summed E-state index contributed by atoms with van der Waals surface area (Å²) in [4.78, 5) is 26.0. The Kier molecular flexibility index (Phi) is 6.40. The number of thiazole rings is 1. The number of carbonyl (C=O) groups excluding carboxylic acids is 1. The van der Waals surface area contributed by atoms with Gasteiger partial charge in [0.25, 0.3) is 5.69 Å². The average Bonchev–Trinajstić information content (AvgIpc) is 3.01. The number of aromatic nitrogens is 1. The van der Waals surface area contributed by atoms with E-state index in [0.29, 0.717) is 28.7 Å². The van der Waals surface area contributed by atoms with Crippen LogP contribution in [0.25, 0.3) is 0 Å². The lowest BCUT2D eigenvalue weighted by Gasteiger charge is -2.01. The van der Waals surface area contributed by atoms with Crippen LogP contribution in [0.5, 0.6) is 5.75 Å². The number of hydrogen-bond acceptors (Lipinski definition) is 9. The first-order valence-corrected chi connectivity index (χ1v) is 8.12. The fraction of sp³-hybridized carbons (Fsp3) is 0.267. The second-order valence-electron chi connectivity index (χ2n) is 4.72. The number of non-ortho nitro benzene ring substituents is 1. The predicted octanol–water partition coefficient (Wildman–Crippen LogP) is 2.61. The highest BCUT2D eigenvalue weighted by Gasteiger charge is 2.10. The highest BCUT2D eigenvalue weighted by atomic mass is 32.1. The van der Waals surface area contributed by atoms with Crippen LogP contribution in [0.1, 0.15) is 18.2 Å². The van der Waals surface area contributed by atoms with Crippen molar-refractivity contribution in [3.63, 3.8) is 0 Å². The molecular formula is C15H16N4O5S. The molecule has 0 atom stereocenters. The number of hydrogen-bond donors (Lipinski definition) is 1. The fourth-order valence-corrected chi connectivity index (χ4v) is 2.52. The summed E-state index contributed by atoms with van der Waals surface area (Å²) >= 11 is 1.28. The molecule has 0 unspecified atom stereocenters. The minimum atomic E-state index is -0.504. The van der Waals surface area contributed by atoms with Gasteiger partial charge >= 0.3 is 5.97 Å². The van der Waals surface area contributed by atoms with Crippen molar-refractivity contribution in [1.29, 1.82) is 0 Å². The van der Waals surface area contributed by atoms with Crippen LogP contribution in [0.2, 0.25) is 0 Å². The van der Waals surface area contributed by atoms with Crippen LogP contribution in [-0.2, 0) is 16.0 Å². The molecule has 132 valence electrons. The SMILES string of the molecule is CCOC(=O)Cc1csc(NN=Cc2cc(OC)cc([N+](=O)[O-])c2)n1. The van der Waals surface area contributed by atoms with Crippen LogP contribution in [0, 0.1) is 10.1 Å². The molecule has 0 bridgehead atoms. The summed E-state index contributed by atoms with van der Waals surface area (Å²) in [6, 6.07) is 4.32. The van der Waals surface area contributed by atoms with Crippen LogP contribution in [0.15, 0.2) is 28.7 Å². The Morgan fingerprint density at radius 3 is 2.96 bits per heavy atom. The quantitative estimate of drug-likeness (QED) is 0.331. The molecule has 0 aliphatic heterocycles. The lowest BCUT2D eigenvalue weighted by molar-refractivity contribution is -0.384. The zero-order valence-electron chi connectivity index (χ0n) is 13.6. The Morgan fingerprint density at radius 2 is 2.28 bits per heavy atom. The number of benzene rings is 1. The van der Waals surface area contributed by atoms with Crippen molar-refractivity contribution >= 4 is 34.3 Å². The van der Waals surface area contributed by atoms with Gasteiger partial charge in [0.2, 0.25) is 5.13 Å². The van der Waals surface area contributed by atoms with Gasteiger partial charge < -0.3 is 9.47 Å². The molecule has 2 aromatic rings. The maximum Gasteiger partial charge on any atom is 0.311 e. The fourth-order valence-electron chi connectivity index (χ4n) is 1.87. The van der Waals surface area contributed by atoms with Gasteiger partial charge in [-0.15, -0.1) is 11.3 Å². The number of hydrazone groups is 1. The number of anilines is 1. The van der Waals surface area contributed by atoms with Crippen molar-refractivity contribution in [2.75, 3.05) is 19.1 Å². The smallest absolute Gasteiger partial charge is 0.311 e. The summed E-state index contributed by atoms with van der Waals surface area (Å²) in [6.07, 6.45) is 1.51. The van der Waals surface area contributed by atoms with Crippen molar-refractivity contribution in [2.45, 2.75) is 13.3 Å². The summed E-state index contributed by atoms with van der Waals surface area (Å²) in [6.45, 7) is 2.06. The van der Waals surface area contributed by atoms with Gasteiger partial charge in [0.1, 0.15) is 5.75 Å². The number of ether oxygens (including phenoxy) is 2. The van der Waals surface area contributed by atoms with Gasteiger partial charge in [0.05, 0.1) is 43.0 Å². The molecule has 0 aliphatic rings. The molecule has 0 spiro atoms. The molecule has 0 aliphatic carbocycles. The number of nitrogens with one attached hydrogen (secondary N) is 1. The van der Waals surface area contributed by atoms with E-state index < -0.39 is 4.92 Å². The molecule has 0 saturated heterocycles. The van der Waals surface area contributed by atoms with Crippen LogP contribution < -0.4 is 10.2 Å². The largest absolute Gasteiger partial charge is 0.496 e. The highest BCUT2D eigenvalue weighted by Crippen LogP contribution is 2.22. The first-order chi connectivity index (χ1) is 12.0. The normalized spacial score (nSPS) is 10.6. The zero-order valence-corrected chi connectivity index (χ0v) is 14.4. The second kappa shape index (κ2) is 8.73. The third-order valence-electron chi connectivity index (χ3n) is 2.92. The number of esters is 1. The van der Waals surface area contributed by atoms with E-state index in [2.05, 4.69) is 15.5 Å². The Bertz CT molecular complexity index is 790. The molecule has 9 nitrogen and oxygen atoms in total. The predicted molar refractivity (Wildman–Crippen MR) is 93.3 cm³/mol. The van der Waals surface area contributed by atoms with E-state index in [1.165, 1.54) is 36.8 Å². The van der Waals surface area contributed by atoms with Gasteiger partial charge in [-0.05, 0) is 13.0 Å². The zero-order chi connectivity index (χ0) is 18.2. The summed E-state index contributed by atoms with van der Waals surface area (Å²) in [7, 11) is 1.43. The number of nitro groups is 1. The van der Waals surface area contributed by atoms with Crippen LogP contribution >= 0.6 is 11.3 Å². The Hall–Kier alpha value is -3.01. The van der Waals surface area contributed by atoms with Crippen LogP contribution in [-0.4, -0.2) is 35.8 Å². The minimum Gasteiger partial charge on any atom is -0.496 e. The monoisotopic (exact) mass is 364 g/mol. The molecule has 25 heavy (non-hydrogen) atoms. The molecular weight excluding hydrogens is 348 g/mol. The Balaban J connectivity index is 2.01. The number of rotatable bonds is 8. The Morgan fingerprint density at radius 1 is 1.48 bits per heavy atom. The topological polar surface area (TPSA) is 116 Å². The van der Waals surface area contributed by atoms with Crippen LogP contribution in [0.3, 0.4) is 0 Å². The lowest BCUT2D eigenvalue weighted by Crippen LogP contribution is -2.07. The highest BCUT2D eigenvalue weighted by molar-refractivity contribution is 7.13. The molecule has 1 N–H and O–H groups in total. The van der Waals surface area contributed by atoms with E-state index >= 15 is 0 Å². The molecule has 0 saturated carbocycles. The molecule has 2 rings (SSSR count). The van der Waals surface area contributed by atoms with E-state index in [1.54, 1.807) is 18.4 Å². The Labute approximate surface area is 147 Å². The number of nitro benzene ring substituents is 1.